The Hall–Kier alpha value is -2.57. The number of anilines is 1. The van der Waals surface area contributed by atoms with Crippen LogP contribution in [0.2, 0.25) is 0 Å². The zero-order valence-corrected chi connectivity index (χ0v) is 13.4. The second kappa shape index (κ2) is 6.68. The number of aryl methyl sites for hydroxylation is 1. The van der Waals surface area contributed by atoms with Crippen molar-refractivity contribution >= 4 is 11.7 Å². The third-order valence-electron chi connectivity index (χ3n) is 4.10. The lowest BCUT2D eigenvalue weighted by atomic mass is 10.2. The Morgan fingerprint density at radius 2 is 2.35 bits per heavy atom. The van der Waals surface area contributed by atoms with Crippen LogP contribution in [0.5, 0.6) is 5.75 Å². The second-order valence-electron chi connectivity index (χ2n) is 5.74. The molecule has 0 radical (unpaired) electrons. The molecule has 122 valence electrons. The lowest BCUT2D eigenvalue weighted by molar-refractivity contribution is 0.199. The summed E-state index contributed by atoms with van der Waals surface area (Å²) in [7, 11) is 1.60. The van der Waals surface area contributed by atoms with Crippen LogP contribution >= 0.6 is 0 Å². The maximum absolute atomic E-state index is 12.6. The van der Waals surface area contributed by atoms with E-state index >= 15 is 0 Å². The highest BCUT2D eigenvalue weighted by molar-refractivity contribution is 5.91. The molecule has 3 rings (SSSR count). The van der Waals surface area contributed by atoms with Gasteiger partial charge in [0.2, 0.25) is 0 Å². The Bertz CT molecular complexity index is 671. The van der Waals surface area contributed by atoms with E-state index in [1.54, 1.807) is 18.1 Å². The molecule has 0 bridgehead atoms. The van der Waals surface area contributed by atoms with E-state index in [2.05, 4.69) is 15.4 Å². The number of benzene rings is 1. The highest BCUT2D eigenvalue weighted by atomic mass is 16.5. The van der Waals surface area contributed by atoms with Crippen molar-refractivity contribution in [2.75, 3.05) is 19.0 Å². The van der Waals surface area contributed by atoms with Gasteiger partial charge in [-0.3, -0.25) is 4.68 Å². The Morgan fingerprint density at radius 1 is 1.48 bits per heavy atom. The monoisotopic (exact) mass is 315 g/mol. The number of nitrogens with one attached hydrogen (secondary N) is 1. The van der Waals surface area contributed by atoms with E-state index in [1.807, 2.05) is 30.0 Å². The first kappa shape index (κ1) is 15.3. The minimum absolute atomic E-state index is 0.102. The SMILES string of the molecule is COc1cc(C)ccc1NC(=O)N1CCCC1Cn1cncn1. The number of carbonyl (C=O) groups excluding carboxylic acids is 1. The Morgan fingerprint density at radius 3 is 3.09 bits per heavy atom. The number of amides is 2. The van der Waals surface area contributed by atoms with Gasteiger partial charge in [-0.05, 0) is 37.5 Å². The van der Waals surface area contributed by atoms with Gasteiger partial charge in [-0.25, -0.2) is 9.78 Å². The Labute approximate surface area is 135 Å². The molecule has 7 nitrogen and oxygen atoms in total. The van der Waals surface area contributed by atoms with Crippen LogP contribution in [0.25, 0.3) is 0 Å². The van der Waals surface area contributed by atoms with Crippen LogP contribution in [0.3, 0.4) is 0 Å². The van der Waals surface area contributed by atoms with Gasteiger partial charge in [0.25, 0.3) is 0 Å². The molecule has 1 aliphatic heterocycles. The molecule has 1 aliphatic rings. The quantitative estimate of drug-likeness (QED) is 0.939. The molecule has 1 atom stereocenters. The number of ether oxygens (including phenoxy) is 1. The predicted octanol–water partition coefficient (Wildman–Crippen LogP) is 2.29. The van der Waals surface area contributed by atoms with Crippen molar-refractivity contribution in [3.63, 3.8) is 0 Å². The van der Waals surface area contributed by atoms with E-state index in [1.165, 1.54) is 6.33 Å². The molecular formula is C16H21N5O2. The minimum atomic E-state index is -0.102. The summed E-state index contributed by atoms with van der Waals surface area (Å²) in [5, 5.41) is 7.08. The molecule has 2 aromatic rings. The fourth-order valence-electron chi connectivity index (χ4n) is 2.92. The molecule has 2 amide bonds. The van der Waals surface area contributed by atoms with Crippen molar-refractivity contribution in [3.05, 3.63) is 36.4 Å². The Kier molecular flexibility index (Phi) is 4.45. The lowest BCUT2D eigenvalue weighted by Gasteiger charge is -2.25. The fourth-order valence-corrected chi connectivity index (χ4v) is 2.92. The van der Waals surface area contributed by atoms with Crippen molar-refractivity contribution in [1.82, 2.24) is 19.7 Å². The standard InChI is InChI=1S/C16H21N5O2/c1-12-5-6-14(15(8-12)23-2)19-16(22)21-7-3-4-13(21)9-20-11-17-10-18-20/h5-6,8,10-11,13H,3-4,7,9H2,1-2H3,(H,19,22). The molecule has 1 N–H and O–H groups in total. The number of likely N-dealkylation sites (tertiary alicyclic amines) is 1. The van der Waals surface area contributed by atoms with Gasteiger partial charge in [-0.1, -0.05) is 6.07 Å². The predicted molar refractivity (Wildman–Crippen MR) is 86.5 cm³/mol. The topological polar surface area (TPSA) is 72.3 Å². The number of aromatic nitrogens is 3. The van der Waals surface area contributed by atoms with Crippen molar-refractivity contribution in [3.8, 4) is 5.75 Å². The van der Waals surface area contributed by atoms with Crippen molar-refractivity contribution in [2.45, 2.75) is 32.4 Å². The molecule has 0 saturated carbocycles. The average molecular weight is 315 g/mol. The first-order valence-electron chi connectivity index (χ1n) is 7.72. The third kappa shape index (κ3) is 3.44. The third-order valence-corrected chi connectivity index (χ3v) is 4.10. The van der Waals surface area contributed by atoms with Crippen LogP contribution < -0.4 is 10.1 Å². The largest absolute Gasteiger partial charge is 0.495 e. The van der Waals surface area contributed by atoms with Gasteiger partial charge < -0.3 is 15.0 Å². The summed E-state index contributed by atoms with van der Waals surface area (Å²) >= 11 is 0. The first-order valence-corrected chi connectivity index (χ1v) is 7.72. The van der Waals surface area contributed by atoms with E-state index in [-0.39, 0.29) is 12.1 Å². The summed E-state index contributed by atoms with van der Waals surface area (Å²) in [5.74, 6) is 0.672. The van der Waals surface area contributed by atoms with Crippen LogP contribution in [0.15, 0.2) is 30.9 Å². The van der Waals surface area contributed by atoms with E-state index < -0.39 is 0 Å². The summed E-state index contributed by atoms with van der Waals surface area (Å²) in [6.07, 6.45) is 5.16. The minimum Gasteiger partial charge on any atom is -0.495 e. The van der Waals surface area contributed by atoms with E-state index in [4.69, 9.17) is 4.74 Å². The molecule has 7 heteroatoms. The van der Waals surface area contributed by atoms with Crippen LogP contribution in [0.4, 0.5) is 10.5 Å². The average Bonchev–Trinajstić information content (AvgIpc) is 3.21. The molecule has 1 aromatic carbocycles. The van der Waals surface area contributed by atoms with Crippen molar-refractivity contribution in [2.24, 2.45) is 0 Å². The van der Waals surface area contributed by atoms with Crippen molar-refractivity contribution in [1.29, 1.82) is 0 Å². The number of methoxy groups -OCH3 is 1. The highest BCUT2D eigenvalue weighted by Crippen LogP contribution is 2.27. The van der Waals surface area contributed by atoms with Gasteiger partial charge >= 0.3 is 6.03 Å². The number of rotatable bonds is 4. The maximum Gasteiger partial charge on any atom is 0.322 e. The molecular weight excluding hydrogens is 294 g/mol. The van der Waals surface area contributed by atoms with E-state index in [0.717, 1.165) is 24.9 Å². The molecule has 1 saturated heterocycles. The number of carbonyl (C=O) groups is 1. The van der Waals surface area contributed by atoms with E-state index in [0.29, 0.717) is 18.0 Å². The first-order chi connectivity index (χ1) is 11.2. The molecule has 0 aliphatic carbocycles. The molecule has 1 unspecified atom stereocenters. The molecule has 23 heavy (non-hydrogen) atoms. The van der Waals surface area contributed by atoms with Crippen LogP contribution in [0, 0.1) is 6.92 Å². The summed E-state index contributed by atoms with van der Waals surface area (Å²) in [4.78, 5) is 18.4. The summed E-state index contributed by atoms with van der Waals surface area (Å²) in [6.45, 7) is 3.40. The Balaban J connectivity index is 1.69. The number of urea groups is 1. The molecule has 2 heterocycles. The number of hydrogen-bond acceptors (Lipinski definition) is 4. The second-order valence-corrected chi connectivity index (χ2v) is 5.74. The smallest absolute Gasteiger partial charge is 0.322 e. The number of hydrogen-bond donors (Lipinski definition) is 1. The summed E-state index contributed by atoms with van der Waals surface area (Å²) in [6, 6.07) is 5.76. The molecule has 1 aromatic heterocycles. The van der Waals surface area contributed by atoms with E-state index in [9.17, 15) is 4.79 Å². The van der Waals surface area contributed by atoms with Crippen LogP contribution in [-0.4, -0.2) is 45.4 Å². The van der Waals surface area contributed by atoms with Crippen LogP contribution in [-0.2, 0) is 6.54 Å². The van der Waals surface area contributed by atoms with Gasteiger partial charge in [0.05, 0.1) is 25.4 Å². The molecule has 0 spiro atoms. The van der Waals surface area contributed by atoms with Gasteiger partial charge in [-0.2, -0.15) is 5.10 Å². The van der Waals surface area contributed by atoms with Gasteiger partial charge in [0.1, 0.15) is 18.4 Å². The van der Waals surface area contributed by atoms with Crippen LogP contribution in [0.1, 0.15) is 18.4 Å². The zero-order chi connectivity index (χ0) is 16.2. The highest BCUT2D eigenvalue weighted by Gasteiger charge is 2.29. The normalized spacial score (nSPS) is 17.3. The fraction of sp³-hybridized carbons (Fsp3) is 0.438. The number of nitrogens with zero attached hydrogens (tertiary/aromatic N) is 4. The lowest BCUT2D eigenvalue weighted by Crippen LogP contribution is -2.40. The maximum atomic E-state index is 12.6. The van der Waals surface area contributed by atoms with Gasteiger partial charge in [-0.15, -0.1) is 0 Å². The molecule has 1 fully saturated rings. The van der Waals surface area contributed by atoms with Gasteiger partial charge in [0.15, 0.2) is 0 Å². The van der Waals surface area contributed by atoms with Gasteiger partial charge in [0, 0.05) is 6.54 Å². The van der Waals surface area contributed by atoms with Crippen molar-refractivity contribution < 1.29 is 9.53 Å². The summed E-state index contributed by atoms with van der Waals surface area (Å²) < 4.78 is 7.11. The summed E-state index contributed by atoms with van der Waals surface area (Å²) in [5.41, 5.74) is 1.78. The zero-order valence-electron chi connectivity index (χ0n) is 13.4.